The fourth-order valence-electron chi connectivity index (χ4n) is 2.29. The summed E-state index contributed by atoms with van der Waals surface area (Å²) in [5.74, 6) is 1.21. The largest absolute Gasteiger partial charge is 0.282 e. The molecule has 0 spiro atoms. The highest BCUT2D eigenvalue weighted by molar-refractivity contribution is 5.20. The third-order valence-corrected chi connectivity index (χ3v) is 4.07. The summed E-state index contributed by atoms with van der Waals surface area (Å²) in [6.45, 7) is 13.1. The van der Waals surface area contributed by atoms with Crippen molar-refractivity contribution >= 4 is 0 Å². The lowest BCUT2D eigenvalue weighted by atomic mass is 9.90. The van der Waals surface area contributed by atoms with Crippen molar-refractivity contribution in [3.05, 3.63) is 35.4 Å². The highest BCUT2D eigenvalue weighted by Crippen LogP contribution is 2.31. The smallest absolute Gasteiger partial charge is 0.0659 e. The van der Waals surface area contributed by atoms with Crippen LogP contribution in [0.2, 0.25) is 0 Å². The summed E-state index contributed by atoms with van der Waals surface area (Å²) in [5, 5.41) is 12.3. The first-order valence-corrected chi connectivity index (χ1v) is 7.50. The highest BCUT2D eigenvalue weighted by atomic mass is 15.3. The molecule has 0 radical (unpaired) electrons. The Balaban J connectivity index is 2.15. The Morgan fingerprint density at radius 1 is 1.00 bits per heavy atom. The summed E-state index contributed by atoms with van der Waals surface area (Å²) >= 11 is 0. The van der Waals surface area contributed by atoms with Crippen LogP contribution in [0.5, 0.6) is 0 Å². The molecule has 4 nitrogen and oxygen atoms in total. The molecule has 2 heterocycles. The molecule has 0 aliphatic heterocycles. The molecule has 0 aliphatic carbocycles. The van der Waals surface area contributed by atoms with E-state index in [0.29, 0.717) is 23.8 Å². The van der Waals surface area contributed by atoms with Crippen LogP contribution >= 0.6 is 0 Å². The van der Waals surface area contributed by atoms with Gasteiger partial charge in [0.15, 0.2) is 0 Å². The van der Waals surface area contributed by atoms with Crippen molar-refractivity contribution in [3.63, 3.8) is 0 Å². The van der Waals surface area contributed by atoms with Crippen molar-refractivity contribution in [3.8, 4) is 0 Å². The molecule has 0 aliphatic rings. The van der Waals surface area contributed by atoms with E-state index in [1.54, 1.807) is 0 Å². The number of hydrogen-bond acceptors (Lipinski definition) is 2. The number of nitrogens with one attached hydrogen (secondary N) is 1. The van der Waals surface area contributed by atoms with E-state index in [1.165, 1.54) is 5.69 Å². The molecule has 0 fully saturated rings. The summed E-state index contributed by atoms with van der Waals surface area (Å²) in [6.07, 6.45) is 2.07. The molecule has 1 N–H and O–H groups in total. The molecule has 0 saturated carbocycles. The number of aromatic amines is 1. The van der Waals surface area contributed by atoms with Crippen LogP contribution in [0, 0.1) is 0 Å². The van der Waals surface area contributed by atoms with Crippen molar-refractivity contribution in [2.24, 2.45) is 0 Å². The van der Waals surface area contributed by atoms with Crippen molar-refractivity contribution < 1.29 is 0 Å². The molecule has 0 saturated heterocycles. The monoisotopic (exact) mass is 274 g/mol. The van der Waals surface area contributed by atoms with E-state index in [9.17, 15) is 0 Å². The van der Waals surface area contributed by atoms with E-state index in [-0.39, 0.29) is 0 Å². The second kappa shape index (κ2) is 5.81. The van der Waals surface area contributed by atoms with Crippen LogP contribution in [0.4, 0.5) is 0 Å². The molecule has 20 heavy (non-hydrogen) atoms. The average Bonchev–Trinajstić information content (AvgIpc) is 3.05. The first-order valence-electron chi connectivity index (χ1n) is 7.50. The van der Waals surface area contributed by atoms with E-state index in [1.807, 2.05) is 4.68 Å². The fraction of sp³-hybridized carbons (Fsp3) is 0.625. The Kier molecular flexibility index (Phi) is 4.31. The van der Waals surface area contributed by atoms with E-state index >= 15 is 0 Å². The van der Waals surface area contributed by atoms with Crippen LogP contribution < -0.4 is 0 Å². The van der Waals surface area contributed by atoms with E-state index in [2.05, 4.69) is 75.2 Å². The second-order valence-corrected chi connectivity index (χ2v) is 6.29. The molecule has 2 unspecified atom stereocenters. The summed E-state index contributed by atoms with van der Waals surface area (Å²) < 4.78 is 2.02. The third-order valence-electron chi connectivity index (χ3n) is 4.07. The minimum absolute atomic E-state index is 0.371. The third kappa shape index (κ3) is 2.94. The maximum absolute atomic E-state index is 4.68. The lowest BCUT2D eigenvalue weighted by molar-refractivity contribution is 0.508. The Bertz CT molecular complexity index is 500. The van der Waals surface area contributed by atoms with Gasteiger partial charge < -0.3 is 0 Å². The summed E-state index contributed by atoms with van der Waals surface area (Å²) in [4.78, 5) is 0. The van der Waals surface area contributed by atoms with Gasteiger partial charge in [0, 0.05) is 29.8 Å². The Morgan fingerprint density at radius 2 is 1.70 bits per heavy atom. The zero-order valence-corrected chi connectivity index (χ0v) is 13.4. The van der Waals surface area contributed by atoms with Crippen molar-refractivity contribution in [1.29, 1.82) is 0 Å². The molecular formula is C16H26N4. The van der Waals surface area contributed by atoms with Gasteiger partial charge >= 0.3 is 0 Å². The summed E-state index contributed by atoms with van der Waals surface area (Å²) in [7, 11) is 0. The number of nitrogens with zero attached hydrogens (tertiary/aromatic N) is 3. The van der Waals surface area contributed by atoms with Crippen molar-refractivity contribution in [1.82, 2.24) is 20.0 Å². The summed E-state index contributed by atoms with van der Waals surface area (Å²) in [5.41, 5.74) is 3.47. The first-order chi connectivity index (χ1) is 9.40. The van der Waals surface area contributed by atoms with Crippen molar-refractivity contribution in [2.75, 3.05) is 0 Å². The second-order valence-electron chi connectivity index (χ2n) is 6.29. The normalized spacial score (nSPS) is 15.0. The maximum atomic E-state index is 4.68. The quantitative estimate of drug-likeness (QED) is 0.887. The molecule has 0 bridgehead atoms. The van der Waals surface area contributed by atoms with Crippen LogP contribution in [0.1, 0.15) is 82.4 Å². The minimum Gasteiger partial charge on any atom is -0.282 e. The van der Waals surface area contributed by atoms with Crippen LogP contribution in [-0.4, -0.2) is 20.0 Å². The van der Waals surface area contributed by atoms with Crippen LogP contribution in [0.25, 0.3) is 0 Å². The van der Waals surface area contributed by atoms with Gasteiger partial charge in [-0.3, -0.25) is 9.78 Å². The zero-order valence-electron chi connectivity index (χ0n) is 13.4. The Morgan fingerprint density at radius 3 is 2.20 bits per heavy atom. The molecule has 0 aromatic carbocycles. The molecule has 2 aromatic heterocycles. The highest BCUT2D eigenvalue weighted by Gasteiger charge is 2.21. The topological polar surface area (TPSA) is 46.5 Å². The molecular weight excluding hydrogens is 248 g/mol. The average molecular weight is 274 g/mol. The number of hydrogen-bond donors (Lipinski definition) is 1. The van der Waals surface area contributed by atoms with Crippen LogP contribution in [-0.2, 0) is 0 Å². The Hall–Kier alpha value is -1.58. The Labute approximate surface area is 121 Å². The van der Waals surface area contributed by atoms with Gasteiger partial charge in [-0.25, -0.2) is 0 Å². The van der Waals surface area contributed by atoms with Gasteiger partial charge in [-0.1, -0.05) is 27.7 Å². The fourth-order valence-corrected chi connectivity index (χ4v) is 2.29. The van der Waals surface area contributed by atoms with Crippen LogP contribution in [0.15, 0.2) is 18.3 Å². The van der Waals surface area contributed by atoms with Crippen molar-refractivity contribution in [2.45, 2.75) is 65.3 Å². The number of aromatic nitrogens is 4. The number of rotatable bonds is 5. The molecule has 4 heteroatoms. The molecule has 2 atom stereocenters. The lowest BCUT2D eigenvalue weighted by Gasteiger charge is -2.16. The van der Waals surface area contributed by atoms with E-state index in [0.717, 1.165) is 11.4 Å². The molecule has 0 amide bonds. The maximum Gasteiger partial charge on any atom is 0.0659 e. The minimum atomic E-state index is 0.371. The number of H-pyrrole nitrogens is 1. The summed E-state index contributed by atoms with van der Waals surface area (Å²) in [6, 6.07) is 4.72. The lowest BCUT2D eigenvalue weighted by Crippen LogP contribution is -2.08. The van der Waals surface area contributed by atoms with Gasteiger partial charge in [-0.2, -0.15) is 10.2 Å². The SMILES string of the molecule is CC(C)c1cc(C(C)C(C)c2ccn(C(C)C)n2)[nH]n1. The molecule has 110 valence electrons. The van der Waals surface area contributed by atoms with E-state index in [4.69, 9.17) is 0 Å². The van der Waals surface area contributed by atoms with Gasteiger partial charge in [-0.15, -0.1) is 0 Å². The van der Waals surface area contributed by atoms with E-state index < -0.39 is 0 Å². The molecule has 2 rings (SSSR count). The standard InChI is InChI=1S/C16H26N4/c1-10(2)15-9-16(18-17-15)13(6)12(5)14-7-8-20(19-14)11(3)4/h7-13H,1-6H3,(H,17,18). The van der Waals surface area contributed by atoms with Gasteiger partial charge in [-0.05, 0) is 31.9 Å². The predicted molar refractivity (Wildman–Crippen MR) is 82.1 cm³/mol. The first kappa shape index (κ1) is 14.8. The zero-order chi connectivity index (χ0) is 14.9. The molecule has 2 aromatic rings. The van der Waals surface area contributed by atoms with Gasteiger partial charge in [0.1, 0.15) is 0 Å². The predicted octanol–water partition coefficient (Wildman–Crippen LogP) is 4.22. The van der Waals surface area contributed by atoms with Crippen LogP contribution in [0.3, 0.4) is 0 Å². The van der Waals surface area contributed by atoms with Gasteiger partial charge in [0.2, 0.25) is 0 Å². The van der Waals surface area contributed by atoms with Gasteiger partial charge in [0.05, 0.1) is 11.4 Å². The van der Waals surface area contributed by atoms with Gasteiger partial charge in [0.25, 0.3) is 0 Å².